The molecule has 18 heavy (non-hydrogen) atoms. The van der Waals surface area contributed by atoms with Gasteiger partial charge in [0.25, 0.3) is 0 Å². The molecule has 2 rings (SSSR count). The van der Waals surface area contributed by atoms with Crippen molar-refractivity contribution in [3.05, 3.63) is 30.1 Å². The molecule has 0 unspecified atom stereocenters. The minimum atomic E-state index is 0.110. The maximum absolute atomic E-state index is 5.84. The Hall–Kier alpha value is -0.930. The number of hydrogen-bond acceptors (Lipinski definition) is 3. The molecular formula is C15H24N2O. The van der Waals surface area contributed by atoms with Crippen molar-refractivity contribution in [2.24, 2.45) is 5.92 Å². The first kappa shape index (κ1) is 13.5. The Morgan fingerprint density at radius 1 is 1.39 bits per heavy atom. The second-order valence-electron chi connectivity index (χ2n) is 5.10. The molecule has 1 aliphatic heterocycles. The molecule has 0 aromatic carbocycles. The van der Waals surface area contributed by atoms with Gasteiger partial charge in [-0.3, -0.25) is 4.98 Å². The standard InChI is InChI=1S/C15H24N2O/c1-13(15-6-2-3-9-17-15)18-12-4-5-14-7-10-16-11-8-14/h2-3,6,9,13-14,16H,4-5,7-8,10-12H2,1H3/t13-/m0/s1. The topological polar surface area (TPSA) is 34.1 Å². The molecule has 0 bridgehead atoms. The number of ether oxygens (including phenoxy) is 1. The van der Waals surface area contributed by atoms with Crippen LogP contribution in [0.15, 0.2) is 24.4 Å². The number of hydrogen-bond donors (Lipinski definition) is 1. The van der Waals surface area contributed by atoms with E-state index in [2.05, 4.69) is 17.2 Å². The fraction of sp³-hybridized carbons (Fsp3) is 0.667. The molecule has 1 aromatic rings. The number of piperidine rings is 1. The van der Waals surface area contributed by atoms with Crippen LogP contribution in [0.1, 0.15) is 44.4 Å². The van der Waals surface area contributed by atoms with E-state index in [1.165, 1.54) is 38.8 Å². The van der Waals surface area contributed by atoms with E-state index in [0.717, 1.165) is 18.2 Å². The van der Waals surface area contributed by atoms with Gasteiger partial charge in [-0.25, -0.2) is 0 Å². The number of rotatable bonds is 6. The first-order valence-corrected chi connectivity index (χ1v) is 7.09. The summed E-state index contributed by atoms with van der Waals surface area (Å²) in [5, 5.41) is 3.41. The molecule has 1 aliphatic rings. The van der Waals surface area contributed by atoms with Gasteiger partial charge in [0, 0.05) is 12.8 Å². The first-order valence-electron chi connectivity index (χ1n) is 7.09. The lowest BCUT2D eigenvalue weighted by atomic mass is 9.93. The van der Waals surface area contributed by atoms with E-state index in [1.54, 1.807) is 0 Å². The second kappa shape index (κ2) is 7.49. The van der Waals surface area contributed by atoms with Crippen molar-refractivity contribution in [3.8, 4) is 0 Å². The Kier molecular flexibility index (Phi) is 5.62. The van der Waals surface area contributed by atoms with Crippen molar-refractivity contribution >= 4 is 0 Å². The largest absolute Gasteiger partial charge is 0.372 e. The van der Waals surface area contributed by atoms with Crippen molar-refractivity contribution in [2.75, 3.05) is 19.7 Å². The van der Waals surface area contributed by atoms with Gasteiger partial charge in [0.2, 0.25) is 0 Å². The third kappa shape index (κ3) is 4.39. The molecule has 1 fully saturated rings. The average Bonchev–Trinajstić information content (AvgIpc) is 2.45. The smallest absolute Gasteiger partial charge is 0.0966 e. The first-order chi connectivity index (χ1) is 8.86. The maximum atomic E-state index is 5.84. The van der Waals surface area contributed by atoms with Crippen LogP contribution in [0, 0.1) is 5.92 Å². The van der Waals surface area contributed by atoms with E-state index < -0.39 is 0 Å². The van der Waals surface area contributed by atoms with Gasteiger partial charge in [0.05, 0.1) is 11.8 Å². The summed E-state index contributed by atoms with van der Waals surface area (Å²) in [5.74, 6) is 0.903. The highest BCUT2D eigenvalue weighted by Crippen LogP contribution is 2.19. The number of nitrogens with zero attached hydrogens (tertiary/aromatic N) is 1. The summed E-state index contributed by atoms with van der Waals surface area (Å²) in [4.78, 5) is 4.31. The molecule has 3 heteroatoms. The molecule has 2 heterocycles. The fourth-order valence-electron chi connectivity index (χ4n) is 2.50. The Balaban J connectivity index is 1.60. The van der Waals surface area contributed by atoms with E-state index in [4.69, 9.17) is 4.74 Å². The van der Waals surface area contributed by atoms with Crippen molar-refractivity contribution in [2.45, 2.75) is 38.7 Å². The zero-order chi connectivity index (χ0) is 12.6. The molecule has 0 aliphatic carbocycles. The molecule has 0 amide bonds. The highest BCUT2D eigenvalue weighted by molar-refractivity contribution is 5.05. The molecule has 1 atom stereocenters. The van der Waals surface area contributed by atoms with Gasteiger partial charge in [-0.1, -0.05) is 6.07 Å². The van der Waals surface area contributed by atoms with Crippen LogP contribution in [0.3, 0.4) is 0 Å². The molecule has 1 saturated heterocycles. The average molecular weight is 248 g/mol. The van der Waals surface area contributed by atoms with Gasteiger partial charge < -0.3 is 10.1 Å². The van der Waals surface area contributed by atoms with Crippen LogP contribution in [0.2, 0.25) is 0 Å². The van der Waals surface area contributed by atoms with Crippen molar-refractivity contribution in [3.63, 3.8) is 0 Å². The summed E-state index contributed by atoms with van der Waals surface area (Å²) in [6, 6.07) is 5.97. The van der Waals surface area contributed by atoms with Crippen LogP contribution in [0.25, 0.3) is 0 Å². The number of pyridine rings is 1. The van der Waals surface area contributed by atoms with Crippen molar-refractivity contribution in [1.82, 2.24) is 10.3 Å². The quantitative estimate of drug-likeness (QED) is 0.786. The van der Waals surface area contributed by atoms with E-state index in [9.17, 15) is 0 Å². The Morgan fingerprint density at radius 2 is 2.22 bits per heavy atom. The number of aromatic nitrogens is 1. The monoisotopic (exact) mass is 248 g/mol. The van der Waals surface area contributed by atoms with E-state index >= 15 is 0 Å². The minimum absolute atomic E-state index is 0.110. The Morgan fingerprint density at radius 3 is 2.94 bits per heavy atom. The molecule has 0 spiro atoms. The summed E-state index contributed by atoms with van der Waals surface area (Å²) in [6.07, 6.45) is 7.06. The van der Waals surface area contributed by atoms with Gasteiger partial charge in [-0.05, 0) is 63.7 Å². The fourth-order valence-corrected chi connectivity index (χ4v) is 2.50. The Labute approximate surface area is 110 Å². The normalized spacial score (nSPS) is 18.7. The highest BCUT2D eigenvalue weighted by atomic mass is 16.5. The summed E-state index contributed by atoms with van der Waals surface area (Å²) in [5.41, 5.74) is 1.03. The third-order valence-electron chi connectivity index (χ3n) is 3.69. The van der Waals surface area contributed by atoms with Crippen molar-refractivity contribution < 1.29 is 4.74 Å². The highest BCUT2D eigenvalue weighted by Gasteiger charge is 2.12. The number of nitrogens with one attached hydrogen (secondary N) is 1. The van der Waals surface area contributed by atoms with Gasteiger partial charge in [-0.2, -0.15) is 0 Å². The zero-order valence-electron chi connectivity index (χ0n) is 11.3. The van der Waals surface area contributed by atoms with Gasteiger partial charge in [0.15, 0.2) is 0 Å². The van der Waals surface area contributed by atoms with Gasteiger partial charge in [-0.15, -0.1) is 0 Å². The summed E-state index contributed by atoms with van der Waals surface area (Å²) < 4.78 is 5.84. The van der Waals surface area contributed by atoms with E-state index in [0.29, 0.717) is 0 Å². The van der Waals surface area contributed by atoms with E-state index in [-0.39, 0.29) is 6.10 Å². The molecular weight excluding hydrogens is 224 g/mol. The maximum Gasteiger partial charge on any atom is 0.0966 e. The van der Waals surface area contributed by atoms with Crippen LogP contribution < -0.4 is 5.32 Å². The minimum Gasteiger partial charge on any atom is -0.372 e. The lowest BCUT2D eigenvalue weighted by Crippen LogP contribution is -2.27. The van der Waals surface area contributed by atoms with Crippen LogP contribution in [0.5, 0.6) is 0 Å². The molecule has 100 valence electrons. The van der Waals surface area contributed by atoms with Crippen LogP contribution >= 0.6 is 0 Å². The van der Waals surface area contributed by atoms with Crippen LogP contribution in [-0.4, -0.2) is 24.7 Å². The second-order valence-corrected chi connectivity index (χ2v) is 5.10. The molecule has 0 radical (unpaired) electrons. The third-order valence-corrected chi connectivity index (χ3v) is 3.69. The zero-order valence-corrected chi connectivity index (χ0v) is 11.3. The van der Waals surface area contributed by atoms with Crippen molar-refractivity contribution in [1.29, 1.82) is 0 Å². The van der Waals surface area contributed by atoms with Crippen LogP contribution in [-0.2, 0) is 4.74 Å². The summed E-state index contributed by atoms with van der Waals surface area (Å²) >= 11 is 0. The summed E-state index contributed by atoms with van der Waals surface area (Å²) in [6.45, 7) is 5.31. The SMILES string of the molecule is C[C@H](OCCCC1CCNCC1)c1ccccn1. The lowest BCUT2D eigenvalue weighted by Gasteiger charge is -2.22. The Bertz CT molecular complexity index is 323. The molecule has 3 nitrogen and oxygen atoms in total. The predicted octanol–water partition coefficient (Wildman–Crippen LogP) is 2.94. The molecule has 1 N–H and O–H groups in total. The van der Waals surface area contributed by atoms with Gasteiger partial charge in [0.1, 0.15) is 0 Å². The lowest BCUT2D eigenvalue weighted by molar-refractivity contribution is 0.0573. The molecule has 1 aromatic heterocycles. The van der Waals surface area contributed by atoms with Crippen LogP contribution in [0.4, 0.5) is 0 Å². The van der Waals surface area contributed by atoms with Gasteiger partial charge >= 0.3 is 0 Å². The summed E-state index contributed by atoms with van der Waals surface area (Å²) in [7, 11) is 0. The van der Waals surface area contributed by atoms with E-state index in [1.807, 2.05) is 24.4 Å². The predicted molar refractivity (Wildman–Crippen MR) is 73.4 cm³/mol. The molecule has 0 saturated carbocycles.